The summed E-state index contributed by atoms with van der Waals surface area (Å²) >= 11 is 6.39. The average Bonchev–Trinajstić information content (AvgIpc) is 2.72. The van der Waals surface area contributed by atoms with Gasteiger partial charge in [-0.05, 0) is 32.1 Å². The van der Waals surface area contributed by atoms with Crippen LogP contribution in [0.2, 0.25) is 5.15 Å². The van der Waals surface area contributed by atoms with Gasteiger partial charge in [-0.2, -0.15) is 5.10 Å². The number of hydrogen-bond donors (Lipinski definition) is 0. The van der Waals surface area contributed by atoms with Crippen molar-refractivity contribution in [2.45, 2.75) is 44.6 Å². The molecular weight excluding hydrogens is 272 g/mol. The highest BCUT2D eigenvalue weighted by molar-refractivity contribution is 7.91. The van der Waals surface area contributed by atoms with E-state index in [0.717, 1.165) is 36.9 Å². The Hall–Kier alpha value is -0.550. The van der Waals surface area contributed by atoms with E-state index in [9.17, 15) is 8.42 Å². The first kappa shape index (κ1) is 12.5. The van der Waals surface area contributed by atoms with E-state index in [4.69, 9.17) is 11.6 Å². The first-order valence-corrected chi connectivity index (χ1v) is 8.73. The highest BCUT2D eigenvalue weighted by Gasteiger charge is 2.32. The van der Waals surface area contributed by atoms with Crippen molar-refractivity contribution in [2.24, 2.45) is 0 Å². The van der Waals surface area contributed by atoms with Gasteiger partial charge in [-0.1, -0.05) is 18.0 Å². The number of rotatable bonds is 1. The molecule has 6 heteroatoms. The topological polar surface area (TPSA) is 52.0 Å². The van der Waals surface area contributed by atoms with Gasteiger partial charge in [-0.3, -0.25) is 0 Å². The SMILES string of the molecule is O=S1(=O)CCC(n2nc3c(c2Cl)CCCCC3)C1. The van der Waals surface area contributed by atoms with Gasteiger partial charge in [0, 0.05) is 5.56 Å². The van der Waals surface area contributed by atoms with E-state index >= 15 is 0 Å². The molecule has 0 spiro atoms. The number of sulfone groups is 1. The molecule has 1 unspecified atom stereocenters. The van der Waals surface area contributed by atoms with Crippen LogP contribution in [0.5, 0.6) is 0 Å². The van der Waals surface area contributed by atoms with Gasteiger partial charge in [0.1, 0.15) is 5.15 Å². The lowest BCUT2D eigenvalue weighted by Crippen LogP contribution is -2.13. The maximum Gasteiger partial charge on any atom is 0.152 e. The normalized spacial score (nSPS) is 26.8. The zero-order valence-electron chi connectivity index (χ0n) is 10.2. The van der Waals surface area contributed by atoms with Crippen molar-refractivity contribution < 1.29 is 8.42 Å². The van der Waals surface area contributed by atoms with Crippen LogP contribution in [0.15, 0.2) is 0 Å². The van der Waals surface area contributed by atoms with Crippen molar-refractivity contribution in [1.29, 1.82) is 0 Å². The summed E-state index contributed by atoms with van der Waals surface area (Å²) in [4.78, 5) is 0. The van der Waals surface area contributed by atoms with E-state index in [0.29, 0.717) is 11.6 Å². The van der Waals surface area contributed by atoms with E-state index < -0.39 is 9.84 Å². The molecule has 1 atom stereocenters. The summed E-state index contributed by atoms with van der Waals surface area (Å²) in [6.45, 7) is 0. The number of fused-ring (bicyclic) bond motifs is 1. The van der Waals surface area contributed by atoms with Crippen molar-refractivity contribution >= 4 is 21.4 Å². The minimum absolute atomic E-state index is 0.0607. The molecule has 0 N–H and O–H groups in total. The van der Waals surface area contributed by atoms with Gasteiger partial charge in [0.15, 0.2) is 9.84 Å². The Labute approximate surface area is 112 Å². The first-order valence-electron chi connectivity index (χ1n) is 6.53. The summed E-state index contributed by atoms with van der Waals surface area (Å²) in [6.07, 6.45) is 6.13. The Morgan fingerprint density at radius 2 is 2.00 bits per heavy atom. The number of aryl methyl sites for hydroxylation is 1. The minimum atomic E-state index is -2.89. The molecule has 0 aromatic carbocycles. The van der Waals surface area contributed by atoms with Gasteiger partial charge < -0.3 is 0 Å². The van der Waals surface area contributed by atoms with E-state index in [1.54, 1.807) is 4.68 Å². The minimum Gasteiger partial charge on any atom is -0.249 e. The van der Waals surface area contributed by atoms with Crippen molar-refractivity contribution in [3.63, 3.8) is 0 Å². The third kappa shape index (κ3) is 2.18. The zero-order valence-corrected chi connectivity index (χ0v) is 11.8. The number of halogens is 1. The Bertz CT molecular complexity index is 565. The third-order valence-electron chi connectivity index (χ3n) is 3.92. The monoisotopic (exact) mass is 288 g/mol. The quantitative estimate of drug-likeness (QED) is 0.744. The molecule has 2 heterocycles. The van der Waals surface area contributed by atoms with Crippen LogP contribution < -0.4 is 0 Å². The molecule has 4 nitrogen and oxygen atoms in total. The molecule has 0 saturated carbocycles. The van der Waals surface area contributed by atoms with Crippen LogP contribution in [0, 0.1) is 0 Å². The van der Waals surface area contributed by atoms with Crippen LogP contribution in [0.1, 0.15) is 43.0 Å². The van der Waals surface area contributed by atoms with Crippen LogP contribution in [0.4, 0.5) is 0 Å². The predicted molar refractivity (Wildman–Crippen MR) is 70.8 cm³/mol. The van der Waals surface area contributed by atoms with Crippen molar-refractivity contribution in [2.75, 3.05) is 11.5 Å². The fourth-order valence-electron chi connectivity index (χ4n) is 2.92. The second-order valence-electron chi connectivity index (χ2n) is 5.28. The molecular formula is C12H17ClN2O2S. The summed E-state index contributed by atoms with van der Waals surface area (Å²) in [5, 5.41) is 5.25. The molecule has 2 aliphatic rings. The van der Waals surface area contributed by atoms with Gasteiger partial charge >= 0.3 is 0 Å². The Balaban J connectivity index is 1.94. The fraction of sp³-hybridized carbons (Fsp3) is 0.750. The van der Waals surface area contributed by atoms with Gasteiger partial charge in [0.05, 0.1) is 23.2 Å². The lowest BCUT2D eigenvalue weighted by molar-refractivity contribution is 0.493. The van der Waals surface area contributed by atoms with Crippen LogP contribution in [0.25, 0.3) is 0 Å². The smallest absolute Gasteiger partial charge is 0.152 e. The maximum absolute atomic E-state index is 11.5. The maximum atomic E-state index is 11.5. The highest BCUT2D eigenvalue weighted by Crippen LogP contribution is 2.32. The number of aromatic nitrogens is 2. The van der Waals surface area contributed by atoms with Crippen LogP contribution >= 0.6 is 11.6 Å². The summed E-state index contributed by atoms with van der Waals surface area (Å²) in [7, 11) is -2.89. The molecule has 1 aliphatic heterocycles. The standard InChI is InChI=1S/C12H17ClN2O2S/c13-12-10-4-2-1-3-5-11(10)14-15(12)9-6-7-18(16,17)8-9/h9H,1-8H2. The first-order chi connectivity index (χ1) is 8.57. The van der Waals surface area contributed by atoms with Crippen molar-refractivity contribution in [3.8, 4) is 0 Å². The van der Waals surface area contributed by atoms with Crippen molar-refractivity contribution in [3.05, 3.63) is 16.4 Å². The summed E-state index contributed by atoms with van der Waals surface area (Å²) in [5.41, 5.74) is 2.24. The Morgan fingerprint density at radius 3 is 2.72 bits per heavy atom. The molecule has 0 amide bonds. The van der Waals surface area contributed by atoms with Crippen molar-refractivity contribution in [1.82, 2.24) is 9.78 Å². The lowest BCUT2D eigenvalue weighted by Gasteiger charge is -2.10. The Kier molecular flexibility index (Phi) is 3.14. The molecule has 1 aliphatic carbocycles. The van der Waals surface area contributed by atoms with E-state index in [-0.39, 0.29) is 17.5 Å². The fourth-order valence-corrected chi connectivity index (χ4v) is 4.99. The van der Waals surface area contributed by atoms with Gasteiger partial charge in [0.25, 0.3) is 0 Å². The Morgan fingerprint density at radius 1 is 1.22 bits per heavy atom. The average molecular weight is 289 g/mol. The summed E-state index contributed by atoms with van der Waals surface area (Å²) < 4.78 is 24.8. The third-order valence-corrected chi connectivity index (χ3v) is 6.07. The molecule has 0 bridgehead atoms. The van der Waals surface area contributed by atoms with Crippen LogP contribution in [-0.2, 0) is 22.7 Å². The molecule has 3 rings (SSSR count). The van der Waals surface area contributed by atoms with Gasteiger partial charge in [0.2, 0.25) is 0 Å². The second kappa shape index (κ2) is 4.53. The second-order valence-corrected chi connectivity index (χ2v) is 7.86. The van der Waals surface area contributed by atoms with Crippen LogP contribution in [0.3, 0.4) is 0 Å². The van der Waals surface area contributed by atoms with E-state index in [2.05, 4.69) is 5.10 Å². The van der Waals surface area contributed by atoms with E-state index in [1.807, 2.05) is 0 Å². The molecule has 1 aromatic rings. The van der Waals surface area contributed by atoms with Crippen LogP contribution in [-0.4, -0.2) is 29.7 Å². The number of nitrogens with zero attached hydrogens (tertiary/aromatic N) is 2. The zero-order chi connectivity index (χ0) is 12.8. The highest BCUT2D eigenvalue weighted by atomic mass is 35.5. The largest absolute Gasteiger partial charge is 0.249 e. The molecule has 1 fully saturated rings. The molecule has 18 heavy (non-hydrogen) atoms. The predicted octanol–water partition coefficient (Wildman–Crippen LogP) is 2.17. The molecule has 100 valence electrons. The summed E-state index contributed by atoms with van der Waals surface area (Å²) in [6, 6.07) is -0.0607. The lowest BCUT2D eigenvalue weighted by atomic mass is 10.1. The molecule has 0 radical (unpaired) electrons. The van der Waals surface area contributed by atoms with E-state index in [1.165, 1.54) is 6.42 Å². The molecule has 1 aromatic heterocycles. The summed E-state index contributed by atoms with van der Waals surface area (Å²) in [5.74, 6) is 0.450. The molecule has 1 saturated heterocycles. The number of hydrogen-bond acceptors (Lipinski definition) is 3. The van der Waals surface area contributed by atoms with Gasteiger partial charge in [-0.25, -0.2) is 13.1 Å². The van der Waals surface area contributed by atoms with Gasteiger partial charge in [-0.15, -0.1) is 0 Å².